The van der Waals surface area contributed by atoms with Gasteiger partial charge in [-0.25, -0.2) is 4.39 Å². The summed E-state index contributed by atoms with van der Waals surface area (Å²) in [6, 6.07) is 7.82. The van der Waals surface area contributed by atoms with Crippen molar-refractivity contribution in [2.75, 3.05) is 51.2 Å². The van der Waals surface area contributed by atoms with Crippen LogP contribution in [0.4, 0.5) is 10.1 Å². The van der Waals surface area contributed by atoms with E-state index in [1.807, 2.05) is 12.1 Å². The molecule has 0 aromatic heterocycles. The normalized spacial score (nSPS) is 23.2. The topological polar surface area (TPSA) is 9.72 Å². The first-order chi connectivity index (χ1) is 9.74. The van der Waals surface area contributed by atoms with Gasteiger partial charge in [0.15, 0.2) is 0 Å². The van der Waals surface area contributed by atoms with Gasteiger partial charge in [0.1, 0.15) is 5.82 Å². The molecule has 2 aliphatic heterocycles. The van der Waals surface area contributed by atoms with Gasteiger partial charge in [-0.05, 0) is 32.0 Å². The van der Waals surface area contributed by atoms with Crippen molar-refractivity contribution < 1.29 is 4.39 Å². The number of hydrogen-bond donors (Lipinski definition) is 0. The molecule has 0 spiro atoms. The molecule has 2 aliphatic rings. The maximum Gasteiger partial charge on any atom is 0.146 e. The smallest absolute Gasteiger partial charge is 0.146 e. The van der Waals surface area contributed by atoms with E-state index in [0.717, 1.165) is 31.6 Å². The van der Waals surface area contributed by atoms with E-state index in [1.54, 1.807) is 12.1 Å². The van der Waals surface area contributed by atoms with E-state index in [9.17, 15) is 4.39 Å². The molecule has 0 saturated carbocycles. The molecule has 3 nitrogen and oxygen atoms in total. The minimum atomic E-state index is -0.0921. The highest BCUT2D eigenvalue weighted by molar-refractivity contribution is 5.47. The SMILES string of the molecule is CN1CCN(C2CCN(c3ccccc3F)CC2)CC1. The van der Waals surface area contributed by atoms with Crippen LogP contribution in [-0.4, -0.2) is 62.2 Å². The van der Waals surface area contributed by atoms with Gasteiger partial charge in [-0.15, -0.1) is 0 Å². The van der Waals surface area contributed by atoms with E-state index in [0.29, 0.717) is 6.04 Å². The summed E-state index contributed by atoms with van der Waals surface area (Å²) in [5, 5.41) is 0. The summed E-state index contributed by atoms with van der Waals surface area (Å²) in [6.07, 6.45) is 2.30. The van der Waals surface area contributed by atoms with Crippen LogP contribution in [0.15, 0.2) is 24.3 Å². The van der Waals surface area contributed by atoms with Crippen LogP contribution in [0.2, 0.25) is 0 Å². The first kappa shape index (κ1) is 13.8. The fraction of sp³-hybridized carbons (Fsp3) is 0.625. The molecule has 3 rings (SSSR count). The number of hydrogen-bond acceptors (Lipinski definition) is 3. The number of nitrogens with zero attached hydrogens (tertiary/aromatic N) is 3. The first-order valence-corrected chi connectivity index (χ1v) is 7.66. The summed E-state index contributed by atoms with van der Waals surface area (Å²) >= 11 is 0. The molecule has 2 heterocycles. The Morgan fingerprint density at radius 3 is 2.25 bits per heavy atom. The molecule has 0 amide bonds. The van der Waals surface area contributed by atoms with Crippen LogP contribution in [0.1, 0.15) is 12.8 Å². The number of para-hydroxylation sites is 1. The van der Waals surface area contributed by atoms with Gasteiger partial charge in [-0.3, -0.25) is 4.90 Å². The minimum Gasteiger partial charge on any atom is -0.369 e. The third-order valence-corrected chi connectivity index (χ3v) is 4.71. The van der Waals surface area contributed by atoms with Crippen molar-refractivity contribution in [1.29, 1.82) is 0 Å². The second-order valence-corrected chi connectivity index (χ2v) is 6.01. The highest BCUT2D eigenvalue weighted by atomic mass is 19.1. The van der Waals surface area contributed by atoms with Crippen molar-refractivity contribution in [3.63, 3.8) is 0 Å². The standard InChI is InChI=1S/C16H24FN3/c1-18-10-12-19(13-11-18)14-6-8-20(9-7-14)16-5-3-2-4-15(16)17/h2-5,14H,6-13H2,1H3. The molecule has 0 radical (unpaired) electrons. The number of likely N-dealkylation sites (N-methyl/N-ethyl adjacent to an activating group) is 1. The Kier molecular flexibility index (Phi) is 4.22. The maximum atomic E-state index is 13.8. The highest BCUT2D eigenvalue weighted by Crippen LogP contribution is 2.25. The zero-order valence-corrected chi connectivity index (χ0v) is 12.3. The van der Waals surface area contributed by atoms with Crippen LogP contribution in [-0.2, 0) is 0 Å². The third-order valence-electron chi connectivity index (χ3n) is 4.71. The number of rotatable bonds is 2. The lowest BCUT2D eigenvalue weighted by Crippen LogP contribution is -2.52. The highest BCUT2D eigenvalue weighted by Gasteiger charge is 2.27. The van der Waals surface area contributed by atoms with E-state index in [1.165, 1.54) is 26.2 Å². The van der Waals surface area contributed by atoms with E-state index in [-0.39, 0.29) is 5.82 Å². The lowest BCUT2D eigenvalue weighted by Gasteiger charge is -2.42. The van der Waals surface area contributed by atoms with E-state index in [4.69, 9.17) is 0 Å². The van der Waals surface area contributed by atoms with Crippen LogP contribution in [0.25, 0.3) is 0 Å². The van der Waals surface area contributed by atoms with Crippen molar-refractivity contribution in [3.05, 3.63) is 30.1 Å². The molecule has 4 heteroatoms. The quantitative estimate of drug-likeness (QED) is 0.819. The monoisotopic (exact) mass is 277 g/mol. The summed E-state index contributed by atoms with van der Waals surface area (Å²) in [4.78, 5) is 7.21. The molecule has 0 unspecified atom stereocenters. The lowest BCUT2D eigenvalue weighted by molar-refractivity contribution is 0.0981. The molecule has 0 atom stereocenters. The van der Waals surface area contributed by atoms with Gasteiger partial charge < -0.3 is 9.80 Å². The van der Waals surface area contributed by atoms with E-state index in [2.05, 4.69) is 21.7 Å². The van der Waals surface area contributed by atoms with Crippen LogP contribution >= 0.6 is 0 Å². The Morgan fingerprint density at radius 1 is 0.950 bits per heavy atom. The molecule has 0 aliphatic carbocycles. The number of piperazine rings is 1. The van der Waals surface area contributed by atoms with Crippen molar-refractivity contribution >= 4 is 5.69 Å². The zero-order valence-electron chi connectivity index (χ0n) is 12.3. The lowest BCUT2D eigenvalue weighted by atomic mass is 10.0. The molecule has 0 bridgehead atoms. The van der Waals surface area contributed by atoms with E-state index >= 15 is 0 Å². The Hall–Kier alpha value is -1.13. The molecule has 2 fully saturated rings. The number of piperidine rings is 1. The Morgan fingerprint density at radius 2 is 1.60 bits per heavy atom. The molecule has 110 valence electrons. The minimum absolute atomic E-state index is 0.0921. The number of benzene rings is 1. The van der Waals surface area contributed by atoms with Crippen LogP contribution in [0, 0.1) is 5.82 Å². The Bertz CT molecular complexity index is 435. The molecular formula is C16H24FN3. The Balaban J connectivity index is 1.56. The van der Waals surface area contributed by atoms with Gasteiger partial charge in [-0.2, -0.15) is 0 Å². The fourth-order valence-corrected chi connectivity index (χ4v) is 3.37. The second kappa shape index (κ2) is 6.10. The predicted molar refractivity (Wildman–Crippen MR) is 80.7 cm³/mol. The predicted octanol–water partition coefficient (Wildman–Crippen LogP) is 2.04. The average molecular weight is 277 g/mol. The van der Waals surface area contributed by atoms with Gasteiger partial charge in [0.2, 0.25) is 0 Å². The van der Waals surface area contributed by atoms with Gasteiger partial charge in [0.05, 0.1) is 5.69 Å². The van der Waals surface area contributed by atoms with Gasteiger partial charge in [-0.1, -0.05) is 12.1 Å². The van der Waals surface area contributed by atoms with Crippen molar-refractivity contribution in [2.45, 2.75) is 18.9 Å². The molecular weight excluding hydrogens is 253 g/mol. The fourth-order valence-electron chi connectivity index (χ4n) is 3.37. The third kappa shape index (κ3) is 2.96. The van der Waals surface area contributed by atoms with Gasteiger partial charge in [0.25, 0.3) is 0 Å². The summed E-state index contributed by atoms with van der Waals surface area (Å²) < 4.78 is 13.8. The summed E-state index contributed by atoms with van der Waals surface area (Å²) in [6.45, 7) is 6.65. The van der Waals surface area contributed by atoms with Crippen LogP contribution < -0.4 is 4.90 Å². The largest absolute Gasteiger partial charge is 0.369 e. The maximum absolute atomic E-state index is 13.8. The van der Waals surface area contributed by atoms with Crippen molar-refractivity contribution in [1.82, 2.24) is 9.80 Å². The molecule has 1 aromatic rings. The summed E-state index contributed by atoms with van der Waals surface area (Å²) in [7, 11) is 2.19. The van der Waals surface area contributed by atoms with Crippen molar-refractivity contribution in [2.24, 2.45) is 0 Å². The zero-order chi connectivity index (χ0) is 13.9. The number of anilines is 1. The second-order valence-electron chi connectivity index (χ2n) is 6.01. The average Bonchev–Trinajstić information content (AvgIpc) is 2.49. The molecule has 1 aromatic carbocycles. The molecule has 2 saturated heterocycles. The van der Waals surface area contributed by atoms with Gasteiger partial charge in [0, 0.05) is 45.3 Å². The van der Waals surface area contributed by atoms with Crippen molar-refractivity contribution in [3.8, 4) is 0 Å². The first-order valence-electron chi connectivity index (χ1n) is 7.66. The van der Waals surface area contributed by atoms with Crippen LogP contribution in [0.5, 0.6) is 0 Å². The molecule has 20 heavy (non-hydrogen) atoms. The van der Waals surface area contributed by atoms with Gasteiger partial charge >= 0.3 is 0 Å². The van der Waals surface area contributed by atoms with Crippen LogP contribution in [0.3, 0.4) is 0 Å². The summed E-state index contributed by atoms with van der Waals surface area (Å²) in [5.74, 6) is -0.0921. The Labute approximate surface area is 121 Å². The summed E-state index contributed by atoms with van der Waals surface area (Å²) in [5.41, 5.74) is 0.768. The van der Waals surface area contributed by atoms with E-state index < -0.39 is 0 Å². The number of halogens is 1. The molecule has 0 N–H and O–H groups in total.